The number of nitrogens with zero attached hydrogens (tertiary/aromatic N) is 2. The normalized spacial score (nSPS) is 10.8. The summed E-state index contributed by atoms with van der Waals surface area (Å²) in [5.41, 5.74) is 1.96. The molecule has 1 heterocycles. The highest BCUT2D eigenvalue weighted by molar-refractivity contribution is 6.32. The zero-order chi connectivity index (χ0) is 14.5. The van der Waals surface area contributed by atoms with E-state index in [1.165, 1.54) is 0 Å². The van der Waals surface area contributed by atoms with Crippen LogP contribution in [0.5, 0.6) is 11.6 Å². The zero-order valence-corrected chi connectivity index (χ0v) is 12.6. The van der Waals surface area contributed by atoms with E-state index in [4.69, 9.17) is 16.3 Å². The smallest absolute Gasteiger partial charge is 0.237 e. The van der Waals surface area contributed by atoms with Crippen LogP contribution in [-0.2, 0) is 6.54 Å². The molecule has 1 aromatic heterocycles. The molecular weight excluding hydrogens is 274 g/mol. The van der Waals surface area contributed by atoms with Gasteiger partial charge in [-0.1, -0.05) is 31.5 Å². The minimum Gasteiger partial charge on any atom is -0.436 e. The molecule has 2 aromatic rings. The first-order valence-corrected chi connectivity index (χ1v) is 6.90. The summed E-state index contributed by atoms with van der Waals surface area (Å²) in [6.45, 7) is 6.84. The first-order chi connectivity index (χ1) is 9.54. The molecule has 5 heteroatoms. The average Bonchev–Trinajstić information content (AvgIpc) is 2.41. The van der Waals surface area contributed by atoms with Gasteiger partial charge in [-0.25, -0.2) is 4.98 Å². The molecule has 0 bridgehead atoms. The Morgan fingerprint density at radius 3 is 2.65 bits per heavy atom. The van der Waals surface area contributed by atoms with Crippen molar-refractivity contribution in [2.75, 3.05) is 0 Å². The summed E-state index contributed by atoms with van der Waals surface area (Å²) < 4.78 is 5.62. The summed E-state index contributed by atoms with van der Waals surface area (Å²) in [5, 5.41) is 3.85. The molecule has 2 rings (SSSR count). The summed E-state index contributed by atoms with van der Waals surface area (Å²) in [5.74, 6) is 1.02. The Balaban J connectivity index is 2.03. The first-order valence-electron chi connectivity index (χ1n) is 6.53. The Morgan fingerprint density at radius 1 is 1.25 bits per heavy atom. The van der Waals surface area contributed by atoms with Crippen LogP contribution in [0, 0.1) is 6.92 Å². The Bertz CT molecular complexity index is 570. The van der Waals surface area contributed by atoms with Crippen LogP contribution in [0.2, 0.25) is 5.02 Å². The van der Waals surface area contributed by atoms with Crippen molar-refractivity contribution in [2.45, 2.75) is 33.4 Å². The number of hydrogen-bond acceptors (Lipinski definition) is 4. The largest absolute Gasteiger partial charge is 0.436 e. The van der Waals surface area contributed by atoms with Crippen LogP contribution in [0.1, 0.15) is 25.1 Å². The molecule has 20 heavy (non-hydrogen) atoms. The van der Waals surface area contributed by atoms with E-state index >= 15 is 0 Å². The highest BCUT2D eigenvalue weighted by Crippen LogP contribution is 2.28. The van der Waals surface area contributed by atoms with Crippen LogP contribution in [0.25, 0.3) is 0 Å². The van der Waals surface area contributed by atoms with Crippen molar-refractivity contribution < 1.29 is 4.74 Å². The molecule has 0 fully saturated rings. The van der Waals surface area contributed by atoms with Crippen LogP contribution in [0.3, 0.4) is 0 Å². The number of rotatable bonds is 5. The van der Waals surface area contributed by atoms with E-state index < -0.39 is 0 Å². The standard InChI is InChI=1S/C15H18ClN3O/c1-10(2)17-7-12-8-19-15(9-18-12)20-14-5-4-11(3)6-13(14)16/h4-6,8-10,17H,7H2,1-3H3. The maximum absolute atomic E-state index is 6.11. The van der Waals surface area contributed by atoms with E-state index in [-0.39, 0.29) is 0 Å². The summed E-state index contributed by atoms with van der Waals surface area (Å²) in [6, 6.07) is 6.04. The summed E-state index contributed by atoms with van der Waals surface area (Å²) in [6.07, 6.45) is 3.31. The molecule has 0 aliphatic heterocycles. The van der Waals surface area contributed by atoms with Crippen LogP contribution >= 0.6 is 11.6 Å². The minimum atomic E-state index is 0.416. The van der Waals surface area contributed by atoms with E-state index in [1.807, 2.05) is 25.1 Å². The van der Waals surface area contributed by atoms with Gasteiger partial charge in [0.15, 0.2) is 0 Å². The number of aromatic nitrogens is 2. The highest BCUT2D eigenvalue weighted by atomic mass is 35.5. The van der Waals surface area contributed by atoms with Crippen LogP contribution < -0.4 is 10.1 Å². The van der Waals surface area contributed by atoms with Gasteiger partial charge in [0, 0.05) is 12.6 Å². The third-order valence-electron chi connectivity index (χ3n) is 2.67. The van der Waals surface area contributed by atoms with Crippen molar-refractivity contribution in [3.63, 3.8) is 0 Å². The molecule has 0 saturated heterocycles. The molecule has 0 amide bonds. The van der Waals surface area contributed by atoms with Gasteiger partial charge in [-0.2, -0.15) is 0 Å². The van der Waals surface area contributed by atoms with E-state index in [1.54, 1.807) is 12.4 Å². The van der Waals surface area contributed by atoms with Gasteiger partial charge in [-0.15, -0.1) is 0 Å². The molecule has 106 valence electrons. The van der Waals surface area contributed by atoms with Crippen molar-refractivity contribution in [2.24, 2.45) is 0 Å². The van der Waals surface area contributed by atoms with Gasteiger partial charge in [-0.3, -0.25) is 4.98 Å². The van der Waals surface area contributed by atoms with Gasteiger partial charge >= 0.3 is 0 Å². The molecule has 1 aromatic carbocycles. The van der Waals surface area contributed by atoms with Crippen molar-refractivity contribution in [3.8, 4) is 11.6 Å². The van der Waals surface area contributed by atoms with Gasteiger partial charge in [0.05, 0.1) is 23.1 Å². The number of aryl methyl sites for hydroxylation is 1. The summed E-state index contributed by atoms with van der Waals surface area (Å²) in [7, 11) is 0. The monoisotopic (exact) mass is 291 g/mol. The molecule has 0 saturated carbocycles. The van der Waals surface area contributed by atoms with E-state index in [2.05, 4.69) is 29.1 Å². The van der Waals surface area contributed by atoms with Crippen molar-refractivity contribution in [3.05, 3.63) is 46.9 Å². The van der Waals surface area contributed by atoms with E-state index in [9.17, 15) is 0 Å². The predicted molar refractivity (Wildman–Crippen MR) is 80.3 cm³/mol. The minimum absolute atomic E-state index is 0.416. The fourth-order valence-electron chi connectivity index (χ4n) is 1.60. The molecule has 1 N–H and O–H groups in total. The maximum Gasteiger partial charge on any atom is 0.237 e. The average molecular weight is 292 g/mol. The third-order valence-corrected chi connectivity index (χ3v) is 2.97. The number of nitrogens with one attached hydrogen (secondary N) is 1. The second-order valence-corrected chi connectivity index (χ2v) is 5.32. The predicted octanol–water partition coefficient (Wildman–Crippen LogP) is 3.73. The number of benzene rings is 1. The Labute approximate surface area is 124 Å². The zero-order valence-electron chi connectivity index (χ0n) is 11.9. The van der Waals surface area contributed by atoms with E-state index in [0.29, 0.717) is 29.2 Å². The molecule has 0 atom stereocenters. The second-order valence-electron chi connectivity index (χ2n) is 4.92. The molecule has 0 aliphatic carbocycles. The first kappa shape index (κ1) is 14.8. The third kappa shape index (κ3) is 4.18. The van der Waals surface area contributed by atoms with Crippen molar-refractivity contribution in [1.82, 2.24) is 15.3 Å². The Kier molecular flexibility index (Phi) is 4.93. The number of ether oxygens (including phenoxy) is 1. The molecule has 0 aliphatic rings. The number of hydrogen-bond donors (Lipinski definition) is 1. The SMILES string of the molecule is Cc1ccc(Oc2cnc(CNC(C)C)cn2)c(Cl)c1. The maximum atomic E-state index is 6.11. The fraction of sp³-hybridized carbons (Fsp3) is 0.333. The van der Waals surface area contributed by atoms with Gasteiger partial charge in [-0.05, 0) is 24.6 Å². The lowest BCUT2D eigenvalue weighted by atomic mass is 10.2. The molecular formula is C15H18ClN3O. The van der Waals surface area contributed by atoms with Crippen LogP contribution in [-0.4, -0.2) is 16.0 Å². The molecule has 0 radical (unpaired) electrons. The highest BCUT2D eigenvalue weighted by Gasteiger charge is 2.05. The lowest BCUT2D eigenvalue weighted by Gasteiger charge is -2.09. The topological polar surface area (TPSA) is 47.0 Å². The lowest BCUT2D eigenvalue weighted by Crippen LogP contribution is -2.22. The quantitative estimate of drug-likeness (QED) is 0.912. The fourth-order valence-corrected chi connectivity index (χ4v) is 1.87. The van der Waals surface area contributed by atoms with Crippen LogP contribution in [0.4, 0.5) is 0 Å². The van der Waals surface area contributed by atoms with Crippen molar-refractivity contribution >= 4 is 11.6 Å². The summed E-state index contributed by atoms with van der Waals surface area (Å²) in [4.78, 5) is 8.53. The molecule has 4 nitrogen and oxygen atoms in total. The van der Waals surface area contributed by atoms with Gasteiger partial charge in [0.1, 0.15) is 5.75 Å². The molecule has 0 spiro atoms. The Hall–Kier alpha value is -1.65. The van der Waals surface area contributed by atoms with Gasteiger partial charge < -0.3 is 10.1 Å². The summed E-state index contributed by atoms with van der Waals surface area (Å²) >= 11 is 6.11. The van der Waals surface area contributed by atoms with E-state index in [0.717, 1.165) is 11.3 Å². The van der Waals surface area contributed by atoms with Crippen LogP contribution in [0.15, 0.2) is 30.6 Å². The lowest BCUT2D eigenvalue weighted by molar-refractivity contribution is 0.458. The van der Waals surface area contributed by atoms with Gasteiger partial charge in [0.2, 0.25) is 5.88 Å². The second kappa shape index (κ2) is 6.68. The van der Waals surface area contributed by atoms with Crippen molar-refractivity contribution in [1.29, 1.82) is 0 Å². The number of halogens is 1. The van der Waals surface area contributed by atoms with Gasteiger partial charge in [0.25, 0.3) is 0 Å². The Morgan fingerprint density at radius 2 is 2.05 bits per heavy atom. The molecule has 0 unspecified atom stereocenters.